The number of hydrogen-bond donors (Lipinski definition) is 1. The Bertz CT molecular complexity index is 296. The molecule has 1 N–H and O–H groups in total. The summed E-state index contributed by atoms with van der Waals surface area (Å²) >= 11 is 0. The third-order valence-electron chi connectivity index (χ3n) is 1.97. The molecule has 0 heterocycles. The molecule has 0 atom stereocenters. The minimum Gasteiger partial charge on any atom is -0.485 e. The summed E-state index contributed by atoms with van der Waals surface area (Å²) < 4.78 is 5.66. The maximum atomic E-state index is 9.07. The van der Waals surface area contributed by atoms with E-state index >= 15 is 0 Å². The average molecular weight is 194 g/mol. The van der Waals surface area contributed by atoms with Gasteiger partial charge in [0.15, 0.2) is 0 Å². The van der Waals surface area contributed by atoms with Gasteiger partial charge in [0.25, 0.3) is 0 Å². The van der Waals surface area contributed by atoms with Crippen molar-refractivity contribution in [3.8, 4) is 5.75 Å². The van der Waals surface area contributed by atoms with Gasteiger partial charge in [0.2, 0.25) is 0 Å². The topological polar surface area (TPSA) is 29.5 Å². The fourth-order valence-electron chi connectivity index (χ4n) is 1.34. The van der Waals surface area contributed by atoms with Gasteiger partial charge >= 0.3 is 0 Å². The highest BCUT2D eigenvalue weighted by atomic mass is 16.5. The van der Waals surface area contributed by atoms with Crippen molar-refractivity contribution in [2.45, 2.75) is 33.3 Å². The van der Waals surface area contributed by atoms with E-state index in [1.165, 1.54) is 11.1 Å². The summed E-state index contributed by atoms with van der Waals surface area (Å²) in [6.07, 6.45) is 0. The number of benzene rings is 1. The van der Waals surface area contributed by atoms with Gasteiger partial charge in [-0.25, -0.2) is 0 Å². The zero-order valence-corrected chi connectivity index (χ0v) is 9.29. The Labute approximate surface area is 85.5 Å². The van der Waals surface area contributed by atoms with Crippen molar-refractivity contribution in [1.29, 1.82) is 0 Å². The van der Waals surface area contributed by atoms with Crippen molar-refractivity contribution in [1.82, 2.24) is 0 Å². The van der Waals surface area contributed by atoms with E-state index in [0.717, 1.165) is 5.75 Å². The molecule has 0 saturated carbocycles. The number of aryl methyl sites for hydroxylation is 2. The number of rotatable bonds is 3. The molecule has 1 rings (SSSR count). The van der Waals surface area contributed by atoms with Crippen LogP contribution in [0.15, 0.2) is 18.2 Å². The molecule has 0 aliphatic carbocycles. The van der Waals surface area contributed by atoms with Gasteiger partial charge in [-0.2, -0.15) is 0 Å². The van der Waals surface area contributed by atoms with Gasteiger partial charge in [0.1, 0.15) is 11.4 Å². The molecule has 1 aromatic rings. The lowest BCUT2D eigenvalue weighted by molar-refractivity contribution is 0.0412. The van der Waals surface area contributed by atoms with Crippen molar-refractivity contribution >= 4 is 0 Å². The fraction of sp³-hybridized carbons (Fsp3) is 0.500. The molecule has 0 aromatic heterocycles. The van der Waals surface area contributed by atoms with E-state index < -0.39 is 5.60 Å². The van der Waals surface area contributed by atoms with Gasteiger partial charge in [-0.15, -0.1) is 0 Å². The summed E-state index contributed by atoms with van der Waals surface area (Å²) in [6, 6.07) is 6.05. The second-order valence-electron chi connectivity index (χ2n) is 4.34. The number of aliphatic hydroxyl groups excluding tert-OH is 1. The predicted molar refractivity (Wildman–Crippen MR) is 57.7 cm³/mol. The van der Waals surface area contributed by atoms with Gasteiger partial charge in [-0.3, -0.25) is 0 Å². The Morgan fingerprint density at radius 2 is 1.64 bits per heavy atom. The molecule has 1 aromatic carbocycles. The average Bonchev–Trinajstić information content (AvgIpc) is 2.01. The number of ether oxygens (including phenoxy) is 1. The van der Waals surface area contributed by atoms with E-state index in [9.17, 15) is 0 Å². The molecule has 78 valence electrons. The molecule has 0 amide bonds. The smallest absolute Gasteiger partial charge is 0.126 e. The van der Waals surface area contributed by atoms with Gasteiger partial charge < -0.3 is 9.84 Å². The molecule has 0 unspecified atom stereocenters. The predicted octanol–water partition coefficient (Wildman–Crippen LogP) is 2.45. The zero-order chi connectivity index (χ0) is 10.8. The molecule has 0 spiro atoms. The van der Waals surface area contributed by atoms with Gasteiger partial charge in [0.05, 0.1) is 6.61 Å². The van der Waals surface area contributed by atoms with Gasteiger partial charge in [-0.05, 0) is 51.0 Å². The van der Waals surface area contributed by atoms with Crippen LogP contribution in [0.25, 0.3) is 0 Å². The first-order valence-electron chi connectivity index (χ1n) is 4.81. The quantitative estimate of drug-likeness (QED) is 0.801. The van der Waals surface area contributed by atoms with E-state index in [1.807, 2.05) is 39.8 Å². The second kappa shape index (κ2) is 4.01. The largest absolute Gasteiger partial charge is 0.485 e. The molecule has 0 fully saturated rings. The van der Waals surface area contributed by atoms with Gasteiger partial charge in [0, 0.05) is 0 Å². The highest BCUT2D eigenvalue weighted by Crippen LogP contribution is 2.21. The molecule has 0 aliphatic heterocycles. The Balaban J connectivity index is 2.87. The van der Waals surface area contributed by atoms with Crippen LogP contribution in [0.3, 0.4) is 0 Å². The monoisotopic (exact) mass is 194 g/mol. The highest BCUT2D eigenvalue weighted by Gasteiger charge is 2.18. The van der Waals surface area contributed by atoms with E-state index in [1.54, 1.807) is 0 Å². The lowest BCUT2D eigenvalue weighted by Crippen LogP contribution is -2.32. The number of hydrogen-bond acceptors (Lipinski definition) is 2. The SMILES string of the molecule is Cc1cc(C)cc(OC(C)(C)CO)c1. The molecular formula is C12H18O2. The molecule has 0 saturated heterocycles. The van der Waals surface area contributed by atoms with Crippen molar-refractivity contribution in [3.05, 3.63) is 29.3 Å². The highest BCUT2D eigenvalue weighted by molar-refractivity contribution is 5.33. The van der Waals surface area contributed by atoms with Crippen molar-refractivity contribution in [3.63, 3.8) is 0 Å². The summed E-state index contributed by atoms with van der Waals surface area (Å²) in [4.78, 5) is 0. The lowest BCUT2D eigenvalue weighted by Gasteiger charge is -2.24. The molecular weight excluding hydrogens is 176 g/mol. The second-order valence-corrected chi connectivity index (χ2v) is 4.34. The van der Waals surface area contributed by atoms with E-state index in [4.69, 9.17) is 9.84 Å². The third-order valence-corrected chi connectivity index (χ3v) is 1.97. The number of aliphatic hydroxyl groups is 1. The Morgan fingerprint density at radius 1 is 1.14 bits per heavy atom. The van der Waals surface area contributed by atoms with Crippen molar-refractivity contribution in [2.75, 3.05) is 6.61 Å². The van der Waals surface area contributed by atoms with Crippen LogP contribution < -0.4 is 4.74 Å². The van der Waals surface area contributed by atoms with Crippen molar-refractivity contribution < 1.29 is 9.84 Å². The van der Waals surface area contributed by atoms with Crippen LogP contribution in [0.5, 0.6) is 5.75 Å². The first-order chi connectivity index (χ1) is 6.43. The minimum atomic E-state index is -0.514. The minimum absolute atomic E-state index is 0.0139. The van der Waals surface area contributed by atoms with Crippen LogP contribution in [0.2, 0.25) is 0 Å². The van der Waals surface area contributed by atoms with Crippen LogP contribution in [0, 0.1) is 13.8 Å². The van der Waals surface area contributed by atoms with Crippen molar-refractivity contribution in [2.24, 2.45) is 0 Å². The zero-order valence-electron chi connectivity index (χ0n) is 9.29. The maximum Gasteiger partial charge on any atom is 0.126 e. The fourth-order valence-corrected chi connectivity index (χ4v) is 1.34. The normalized spacial score (nSPS) is 11.5. The molecule has 0 radical (unpaired) electrons. The van der Waals surface area contributed by atoms with Crippen LogP contribution in [-0.4, -0.2) is 17.3 Å². The Kier molecular flexibility index (Phi) is 3.17. The van der Waals surface area contributed by atoms with Crippen LogP contribution in [0.4, 0.5) is 0 Å². The molecule has 0 bridgehead atoms. The lowest BCUT2D eigenvalue weighted by atomic mass is 10.1. The van der Waals surface area contributed by atoms with Crippen LogP contribution in [-0.2, 0) is 0 Å². The summed E-state index contributed by atoms with van der Waals surface area (Å²) in [7, 11) is 0. The standard InChI is InChI=1S/C12H18O2/c1-9-5-10(2)7-11(6-9)14-12(3,4)8-13/h5-7,13H,8H2,1-4H3. The Morgan fingerprint density at radius 3 is 2.07 bits per heavy atom. The first-order valence-corrected chi connectivity index (χ1v) is 4.81. The van der Waals surface area contributed by atoms with Crippen LogP contribution in [0.1, 0.15) is 25.0 Å². The molecule has 2 nitrogen and oxygen atoms in total. The first kappa shape index (κ1) is 11.1. The van der Waals surface area contributed by atoms with Crippen LogP contribution >= 0.6 is 0 Å². The summed E-state index contributed by atoms with van der Waals surface area (Å²) in [5.74, 6) is 0.821. The molecule has 0 aliphatic rings. The summed E-state index contributed by atoms with van der Waals surface area (Å²) in [5, 5.41) is 9.07. The Hall–Kier alpha value is -1.02. The van der Waals surface area contributed by atoms with E-state index in [2.05, 4.69) is 6.07 Å². The maximum absolute atomic E-state index is 9.07. The third kappa shape index (κ3) is 3.04. The molecule has 2 heteroatoms. The van der Waals surface area contributed by atoms with E-state index in [0.29, 0.717) is 0 Å². The van der Waals surface area contributed by atoms with E-state index in [-0.39, 0.29) is 6.61 Å². The summed E-state index contributed by atoms with van der Waals surface area (Å²) in [6.45, 7) is 7.81. The molecule has 14 heavy (non-hydrogen) atoms. The summed E-state index contributed by atoms with van der Waals surface area (Å²) in [5.41, 5.74) is 1.84. The van der Waals surface area contributed by atoms with Gasteiger partial charge in [-0.1, -0.05) is 6.07 Å².